The molecule has 0 saturated heterocycles. The number of fused-ring (bicyclic) bond motifs is 1. The molecule has 0 fully saturated rings. The molecular formula is C10H9ClN2O. The van der Waals surface area contributed by atoms with E-state index in [4.69, 9.17) is 17.0 Å². The summed E-state index contributed by atoms with van der Waals surface area (Å²) in [5.41, 5.74) is 1.45. The predicted octanol–water partition coefficient (Wildman–Crippen LogP) is 2.07. The zero-order valence-corrected chi connectivity index (χ0v) is 8.43. The van der Waals surface area contributed by atoms with Crippen LogP contribution in [0.25, 0.3) is 0 Å². The number of nitrogens with one attached hydrogen (secondary N) is 1. The maximum absolute atomic E-state index is 11.6. The standard InChI is InChI=1S/C10H9ClN2O/c1-2-13-8-4-3-6(11)5-7(8)9(12)10(13)14/h3-5,12H,2H2,1H3. The number of nitrogens with zero attached hydrogens (tertiary/aromatic N) is 1. The zero-order chi connectivity index (χ0) is 10.3. The van der Waals surface area contributed by atoms with Crippen LogP contribution in [0.4, 0.5) is 5.69 Å². The normalized spacial score (nSPS) is 14.9. The van der Waals surface area contributed by atoms with Crippen LogP contribution in [-0.4, -0.2) is 18.2 Å². The number of rotatable bonds is 1. The van der Waals surface area contributed by atoms with E-state index in [1.807, 2.05) is 6.92 Å². The molecule has 0 aliphatic carbocycles. The number of carbonyl (C=O) groups excluding carboxylic acids is 1. The van der Waals surface area contributed by atoms with Crippen molar-refractivity contribution in [1.29, 1.82) is 5.41 Å². The monoisotopic (exact) mass is 208 g/mol. The van der Waals surface area contributed by atoms with Gasteiger partial charge in [-0.2, -0.15) is 0 Å². The Hall–Kier alpha value is -1.35. The molecule has 0 unspecified atom stereocenters. The summed E-state index contributed by atoms with van der Waals surface area (Å²) in [4.78, 5) is 13.1. The molecule has 1 aromatic carbocycles. The van der Waals surface area contributed by atoms with E-state index in [1.54, 1.807) is 23.1 Å². The molecule has 3 nitrogen and oxygen atoms in total. The maximum Gasteiger partial charge on any atom is 0.276 e. The first-order valence-electron chi connectivity index (χ1n) is 4.35. The van der Waals surface area contributed by atoms with E-state index in [2.05, 4.69) is 0 Å². The molecule has 0 bridgehead atoms. The lowest BCUT2D eigenvalue weighted by Crippen LogP contribution is -2.29. The Morgan fingerprint density at radius 3 is 2.86 bits per heavy atom. The van der Waals surface area contributed by atoms with Crippen molar-refractivity contribution in [2.45, 2.75) is 6.92 Å². The van der Waals surface area contributed by atoms with Crippen LogP contribution in [-0.2, 0) is 4.79 Å². The van der Waals surface area contributed by atoms with Gasteiger partial charge >= 0.3 is 0 Å². The fourth-order valence-electron chi connectivity index (χ4n) is 1.62. The first kappa shape index (κ1) is 9.21. The van der Waals surface area contributed by atoms with Gasteiger partial charge in [0.2, 0.25) is 0 Å². The fraction of sp³-hybridized carbons (Fsp3) is 0.200. The molecule has 0 spiro atoms. The van der Waals surface area contributed by atoms with Crippen molar-refractivity contribution < 1.29 is 4.79 Å². The molecule has 14 heavy (non-hydrogen) atoms. The molecule has 0 aromatic heterocycles. The van der Waals surface area contributed by atoms with E-state index in [9.17, 15) is 4.79 Å². The summed E-state index contributed by atoms with van der Waals surface area (Å²) in [6.45, 7) is 2.46. The molecule has 0 atom stereocenters. The Labute approximate surface area is 86.8 Å². The van der Waals surface area contributed by atoms with Gasteiger partial charge in [-0.25, -0.2) is 0 Å². The van der Waals surface area contributed by atoms with Gasteiger partial charge in [-0.15, -0.1) is 0 Å². The summed E-state index contributed by atoms with van der Waals surface area (Å²) in [5.74, 6) is -0.246. The molecule has 1 aromatic rings. The van der Waals surface area contributed by atoms with Gasteiger partial charge in [-0.3, -0.25) is 10.2 Å². The van der Waals surface area contributed by atoms with Crippen LogP contribution in [0.3, 0.4) is 0 Å². The molecule has 1 aliphatic rings. The Kier molecular flexibility index (Phi) is 2.04. The van der Waals surface area contributed by atoms with Crippen LogP contribution >= 0.6 is 11.6 Å². The minimum absolute atomic E-state index is 0.0318. The summed E-state index contributed by atoms with van der Waals surface area (Å²) in [7, 11) is 0. The van der Waals surface area contributed by atoms with E-state index in [1.165, 1.54) is 0 Å². The van der Waals surface area contributed by atoms with E-state index >= 15 is 0 Å². The van der Waals surface area contributed by atoms with Gasteiger partial charge in [0.1, 0.15) is 5.71 Å². The van der Waals surface area contributed by atoms with Crippen LogP contribution in [0.1, 0.15) is 12.5 Å². The average molecular weight is 209 g/mol. The minimum Gasteiger partial charge on any atom is -0.307 e. The number of hydrogen-bond acceptors (Lipinski definition) is 2. The quantitative estimate of drug-likeness (QED) is 0.755. The first-order valence-corrected chi connectivity index (χ1v) is 4.73. The summed E-state index contributed by atoms with van der Waals surface area (Å²) in [6.07, 6.45) is 0. The number of anilines is 1. The zero-order valence-electron chi connectivity index (χ0n) is 7.67. The van der Waals surface area contributed by atoms with Crippen molar-refractivity contribution in [3.05, 3.63) is 28.8 Å². The van der Waals surface area contributed by atoms with Gasteiger partial charge < -0.3 is 4.90 Å². The Morgan fingerprint density at radius 1 is 1.50 bits per heavy atom. The Morgan fingerprint density at radius 2 is 2.21 bits per heavy atom. The summed E-state index contributed by atoms with van der Waals surface area (Å²) >= 11 is 5.80. The van der Waals surface area contributed by atoms with Crippen LogP contribution in [0.2, 0.25) is 5.02 Å². The molecule has 0 radical (unpaired) electrons. The van der Waals surface area contributed by atoms with Gasteiger partial charge in [0.25, 0.3) is 5.91 Å². The van der Waals surface area contributed by atoms with Crippen molar-refractivity contribution in [3.8, 4) is 0 Å². The average Bonchev–Trinajstić information content (AvgIpc) is 2.41. The second-order valence-corrected chi connectivity index (χ2v) is 3.52. The first-order chi connectivity index (χ1) is 6.65. The lowest BCUT2D eigenvalue weighted by molar-refractivity contribution is -0.112. The highest BCUT2D eigenvalue weighted by molar-refractivity contribution is 6.53. The molecule has 4 heteroatoms. The largest absolute Gasteiger partial charge is 0.307 e. The SMILES string of the molecule is CCN1C(=O)C(=N)c2cc(Cl)ccc21. The van der Waals surface area contributed by atoms with E-state index in [0.29, 0.717) is 17.1 Å². The molecule has 1 amide bonds. The molecule has 1 heterocycles. The minimum atomic E-state index is -0.246. The molecule has 1 aliphatic heterocycles. The maximum atomic E-state index is 11.6. The third-order valence-corrected chi connectivity index (χ3v) is 2.53. The fourth-order valence-corrected chi connectivity index (χ4v) is 1.79. The van der Waals surface area contributed by atoms with Crippen LogP contribution < -0.4 is 4.90 Å². The van der Waals surface area contributed by atoms with Crippen LogP contribution in [0, 0.1) is 5.41 Å². The van der Waals surface area contributed by atoms with Gasteiger partial charge in [-0.1, -0.05) is 11.6 Å². The van der Waals surface area contributed by atoms with Gasteiger partial charge in [0, 0.05) is 17.1 Å². The van der Waals surface area contributed by atoms with Crippen LogP contribution in [0.5, 0.6) is 0 Å². The number of amides is 1. The number of halogens is 1. The lowest BCUT2D eigenvalue weighted by atomic mass is 10.1. The van der Waals surface area contributed by atoms with Gasteiger partial charge in [0.15, 0.2) is 0 Å². The van der Waals surface area contributed by atoms with E-state index in [0.717, 1.165) is 5.69 Å². The third kappa shape index (κ3) is 1.13. The second kappa shape index (κ2) is 3.10. The van der Waals surface area contributed by atoms with Crippen molar-refractivity contribution >= 4 is 28.9 Å². The summed E-state index contributed by atoms with van der Waals surface area (Å²) in [6, 6.07) is 5.17. The number of benzene rings is 1. The smallest absolute Gasteiger partial charge is 0.276 e. The second-order valence-electron chi connectivity index (χ2n) is 3.09. The topological polar surface area (TPSA) is 44.2 Å². The number of carbonyl (C=O) groups is 1. The number of likely N-dealkylation sites (N-methyl/N-ethyl adjacent to an activating group) is 1. The number of hydrogen-bond donors (Lipinski definition) is 1. The van der Waals surface area contributed by atoms with E-state index < -0.39 is 0 Å². The summed E-state index contributed by atoms with van der Waals surface area (Å²) in [5, 5.41) is 8.17. The summed E-state index contributed by atoms with van der Waals surface area (Å²) < 4.78 is 0. The lowest BCUT2D eigenvalue weighted by Gasteiger charge is -2.13. The van der Waals surface area contributed by atoms with Crippen molar-refractivity contribution in [2.75, 3.05) is 11.4 Å². The Balaban J connectivity index is 2.61. The van der Waals surface area contributed by atoms with Crippen molar-refractivity contribution in [1.82, 2.24) is 0 Å². The molecule has 2 rings (SSSR count). The molecule has 0 saturated carbocycles. The van der Waals surface area contributed by atoms with Crippen molar-refractivity contribution in [2.24, 2.45) is 0 Å². The van der Waals surface area contributed by atoms with Gasteiger partial charge in [0.05, 0.1) is 5.69 Å². The van der Waals surface area contributed by atoms with Crippen molar-refractivity contribution in [3.63, 3.8) is 0 Å². The third-order valence-electron chi connectivity index (χ3n) is 2.29. The highest BCUT2D eigenvalue weighted by Crippen LogP contribution is 2.30. The Bertz CT molecular complexity index is 428. The molecule has 1 N–H and O–H groups in total. The predicted molar refractivity (Wildman–Crippen MR) is 56.3 cm³/mol. The van der Waals surface area contributed by atoms with Gasteiger partial charge in [-0.05, 0) is 25.1 Å². The molecule has 72 valence electrons. The highest BCUT2D eigenvalue weighted by Gasteiger charge is 2.31. The highest BCUT2D eigenvalue weighted by atomic mass is 35.5. The van der Waals surface area contributed by atoms with E-state index in [-0.39, 0.29) is 11.6 Å². The molecular weight excluding hydrogens is 200 g/mol. The van der Waals surface area contributed by atoms with Crippen LogP contribution in [0.15, 0.2) is 18.2 Å².